The highest BCUT2D eigenvalue weighted by atomic mass is 16.7. The van der Waals surface area contributed by atoms with Gasteiger partial charge >= 0.3 is 5.97 Å². The summed E-state index contributed by atoms with van der Waals surface area (Å²) in [5.41, 5.74) is -1.85. The van der Waals surface area contributed by atoms with Gasteiger partial charge in [0.15, 0.2) is 0 Å². The standard InChI is InChI=1S/C36H58O11/c1-31(17-38)10-12-36(30(45)47-29-27(43)26(42)25(41)22(16-37)46-29)13-11-34(4)19(20(36)14-31)6-7-24-32(2)15-21(40)28(44)33(3,18-39)23(32)8-9-35(24,34)5/h6,20-29,37-44H,7-18H2,1-5H3/t20?,21-,22?,23?,24?,25-,26?,27+,28+,29+,31-,32+,33+,34-,35-,36+/m1/s1. The number of allylic oxidation sites excluding steroid dienone is 2. The Morgan fingerprint density at radius 2 is 1.53 bits per heavy atom. The van der Waals surface area contributed by atoms with Crippen molar-refractivity contribution in [2.24, 2.45) is 50.2 Å². The third-order valence-electron chi connectivity index (χ3n) is 15.5. The number of esters is 1. The van der Waals surface area contributed by atoms with Gasteiger partial charge in [-0.2, -0.15) is 0 Å². The molecule has 1 aliphatic heterocycles. The molecule has 0 aromatic heterocycles. The molecule has 0 bridgehead atoms. The van der Waals surface area contributed by atoms with Crippen LogP contribution < -0.4 is 0 Å². The fourth-order valence-corrected chi connectivity index (χ4v) is 12.2. The van der Waals surface area contributed by atoms with Gasteiger partial charge in [0.1, 0.15) is 24.4 Å². The Morgan fingerprint density at radius 3 is 2.17 bits per heavy atom. The van der Waals surface area contributed by atoms with Gasteiger partial charge in [-0.15, -0.1) is 0 Å². The van der Waals surface area contributed by atoms with E-state index in [1.54, 1.807) is 0 Å². The SMILES string of the molecule is C[C@@]1(CO)CC[C@]2(C(=O)O[C@@H]3OC(CO)[C@@H](O)C(O)[C@@H]3O)CC[C@]3(C)C(=CCC4[C@@]5(C)C[C@@H](O)[C@H](O)[C@@](C)(CO)C5CC[C@]43C)C2C1. The van der Waals surface area contributed by atoms with E-state index in [-0.39, 0.29) is 47.2 Å². The normalized spacial score (nSPS) is 55.9. The molecule has 0 amide bonds. The molecule has 8 N–H and O–H groups in total. The highest BCUT2D eigenvalue weighted by molar-refractivity contribution is 5.79. The van der Waals surface area contributed by atoms with Crippen molar-refractivity contribution in [3.05, 3.63) is 11.6 Å². The molecular weight excluding hydrogens is 608 g/mol. The predicted octanol–water partition coefficient (Wildman–Crippen LogP) is 1.41. The van der Waals surface area contributed by atoms with Gasteiger partial charge in [0.25, 0.3) is 0 Å². The van der Waals surface area contributed by atoms with Gasteiger partial charge in [0.2, 0.25) is 6.29 Å². The topological polar surface area (TPSA) is 197 Å². The first-order valence-electron chi connectivity index (χ1n) is 17.7. The van der Waals surface area contributed by atoms with Crippen molar-refractivity contribution < 1.29 is 55.1 Å². The van der Waals surface area contributed by atoms with Gasteiger partial charge < -0.3 is 50.3 Å². The lowest BCUT2D eigenvalue weighted by Gasteiger charge is -2.71. The Hall–Kier alpha value is -1.15. The number of hydrogen-bond acceptors (Lipinski definition) is 11. The van der Waals surface area contributed by atoms with Crippen molar-refractivity contribution in [1.82, 2.24) is 0 Å². The van der Waals surface area contributed by atoms with Crippen LogP contribution in [0.25, 0.3) is 0 Å². The highest BCUT2D eigenvalue weighted by Crippen LogP contribution is 2.75. The molecule has 268 valence electrons. The monoisotopic (exact) mass is 666 g/mol. The molecule has 5 unspecified atom stereocenters. The average molecular weight is 667 g/mol. The molecule has 6 rings (SSSR count). The molecule has 0 aromatic rings. The molecule has 6 aliphatic rings. The van der Waals surface area contributed by atoms with Gasteiger partial charge in [0.05, 0.1) is 30.8 Å². The van der Waals surface area contributed by atoms with Crippen LogP contribution in [0, 0.1) is 50.2 Å². The van der Waals surface area contributed by atoms with Crippen molar-refractivity contribution in [1.29, 1.82) is 0 Å². The van der Waals surface area contributed by atoms with E-state index in [1.807, 2.05) is 6.92 Å². The molecule has 11 heteroatoms. The number of aliphatic hydroxyl groups excluding tert-OH is 8. The van der Waals surface area contributed by atoms with Crippen LogP contribution in [-0.2, 0) is 14.3 Å². The van der Waals surface area contributed by atoms with Gasteiger partial charge in [-0.1, -0.05) is 46.3 Å². The lowest BCUT2D eigenvalue weighted by Crippen LogP contribution is -2.68. The van der Waals surface area contributed by atoms with E-state index >= 15 is 0 Å². The van der Waals surface area contributed by atoms with Gasteiger partial charge in [-0.25, -0.2) is 0 Å². The number of rotatable bonds is 5. The first-order chi connectivity index (χ1) is 21.9. The lowest BCUT2D eigenvalue weighted by molar-refractivity contribution is -0.297. The molecule has 47 heavy (non-hydrogen) atoms. The lowest BCUT2D eigenvalue weighted by atomic mass is 9.33. The fourth-order valence-electron chi connectivity index (χ4n) is 12.2. The molecule has 1 heterocycles. The fraction of sp³-hybridized carbons (Fsp3) is 0.917. The van der Waals surface area contributed by atoms with Gasteiger partial charge in [0, 0.05) is 12.0 Å². The van der Waals surface area contributed by atoms with Crippen molar-refractivity contribution in [3.63, 3.8) is 0 Å². The van der Waals surface area contributed by atoms with Crippen LogP contribution >= 0.6 is 0 Å². The maximum absolute atomic E-state index is 14.4. The second kappa shape index (κ2) is 11.7. The summed E-state index contributed by atoms with van der Waals surface area (Å²) >= 11 is 0. The number of hydrogen-bond donors (Lipinski definition) is 8. The zero-order chi connectivity index (χ0) is 34.5. The second-order valence-corrected chi connectivity index (χ2v) is 17.7. The Kier molecular flexibility index (Phi) is 8.88. The minimum atomic E-state index is -1.69. The maximum Gasteiger partial charge on any atom is 0.315 e. The van der Waals surface area contributed by atoms with Crippen LogP contribution in [-0.4, -0.2) is 110 Å². The first-order valence-corrected chi connectivity index (χ1v) is 17.7. The molecule has 4 saturated carbocycles. The van der Waals surface area contributed by atoms with E-state index in [4.69, 9.17) is 9.47 Å². The summed E-state index contributed by atoms with van der Waals surface area (Å²) in [5, 5.41) is 84.3. The van der Waals surface area contributed by atoms with Crippen molar-refractivity contribution >= 4 is 5.97 Å². The molecular formula is C36H58O11. The van der Waals surface area contributed by atoms with E-state index < -0.39 is 71.7 Å². The largest absolute Gasteiger partial charge is 0.432 e. The molecule has 11 nitrogen and oxygen atoms in total. The summed E-state index contributed by atoms with van der Waals surface area (Å²) in [6.07, 6.45) is -1.58. The third-order valence-corrected chi connectivity index (χ3v) is 15.5. The van der Waals surface area contributed by atoms with E-state index in [2.05, 4.69) is 33.8 Å². The molecule has 1 saturated heterocycles. The van der Waals surface area contributed by atoms with E-state index in [9.17, 15) is 45.6 Å². The molecule has 0 radical (unpaired) electrons. The number of carbonyl (C=O) groups excluding carboxylic acids is 1. The van der Waals surface area contributed by atoms with Crippen molar-refractivity contribution in [2.75, 3.05) is 19.8 Å². The summed E-state index contributed by atoms with van der Waals surface area (Å²) in [5.74, 6) is -0.606. The quantitative estimate of drug-likeness (QED) is 0.156. The van der Waals surface area contributed by atoms with Gasteiger partial charge in [-0.05, 0) is 97.2 Å². The summed E-state index contributed by atoms with van der Waals surface area (Å²) in [4.78, 5) is 14.4. The summed E-state index contributed by atoms with van der Waals surface area (Å²) in [7, 11) is 0. The van der Waals surface area contributed by atoms with Crippen LogP contribution in [0.15, 0.2) is 11.6 Å². The third kappa shape index (κ3) is 4.81. The zero-order valence-electron chi connectivity index (χ0n) is 28.6. The van der Waals surface area contributed by atoms with E-state index in [0.29, 0.717) is 38.5 Å². The van der Waals surface area contributed by atoms with Crippen LogP contribution in [0.3, 0.4) is 0 Å². The first kappa shape index (κ1) is 35.7. The summed E-state index contributed by atoms with van der Waals surface area (Å²) < 4.78 is 11.5. The predicted molar refractivity (Wildman–Crippen MR) is 169 cm³/mol. The number of carbonyl (C=O) groups is 1. The van der Waals surface area contributed by atoms with Crippen LogP contribution in [0.5, 0.6) is 0 Å². The highest BCUT2D eigenvalue weighted by Gasteiger charge is 2.71. The number of aliphatic hydroxyl groups is 8. The molecule has 0 aromatic carbocycles. The molecule has 16 atom stereocenters. The Labute approximate surface area is 278 Å². The average Bonchev–Trinajstić information content (AvgIpc) is 3.04. The minimum Gasteiger partial charge on any atom is -0.432 e. The van der Waals surface area contributed by atoms with Crippen molar-refractivity contribution in [3.8, 4) is 0 Å². The number of ether oxygens (including phenoxy) is 2. The summed E-state index contributed by atoms with van der Waals surface area (Å²) in [6, 6.07) is 0. The Bertz CT molecular complexity index is 1260. The molecule has 5 aliphatic carbocycles. The Morgan fingerprint density at radius 1 is 0.851 bits per heavy atom. The van der Waals surface area contributed by atoms with Crippen LogP contribution in [0.4, 0.5) is 0 Å². The summed E-state index contributed by atoms with van der Waals surface area (Å²) in [6.45, 7) is 10.0. The maximum atomic E-state index is 14.4. The Balaban J connectivity index is 1.37. The minimum absolute atomic E-state index is 0.0229. The van der Waals surface area contributed by atoms with Crippen LogP contribution in [0.1, 0.15) is 92.4 Å². The smallest absolute Gasteiger partial charge is 0.315 e. The van der Waals surface area contributed by atoms with E-state index in [1.165, 1.54) is 5.57 Å². The molecule has 5 fully saturated rings. The van der Waals surface area contributed by atoms with E-state index in [0.717, 1.165) is 19.3 Å². The second-order valence-electron chi connectivity index (χ2n) is 17.7. The van der Waals surface area contributed by atoms with Gasteiger partial charge in [-0.3, -0.25) is 4.79 Å². The number of fused-ring (bicyclic) bond motifs is 7. The molecule has 0 spiro atoms. The van der Waals surface area contributed by atoms with Crippen molar-refractivity contribution in [2.45, 2.75) is 135 Å². The van der Waals surface area contributed by atoms with Crippen LogP contribution in [0.2, 0.25) is 0 Å². The zero-order valence-corrected chi connectivity index (χ0v) is 28.6.